The summed E-state index contributed by atoms with van der Waals surface area (Å²) in [6.45, 7) is 6.16. The SMILES string of the molecule is CCOc1cc(C)c(C(=O)C(C)NC)cc1Cl. The first-order chi connectivity index (χ1) is 8.01. The fourth-order valence-corrected chi connectivity index (χ4v) is 1.77. The van der Waals surface area contributed by atoms with E-state index in [1.165, 1.54) is 0 Å². The minimum atomic E-state index is -0.220. The Bertz CT molecular complexity index is 418. The lowest BCUT2D eigenvalue weighted by Gasteiger charge is -2.14. The van der Waals surface area contributed by atoms with Crippen molar-refractivity contribution in [2.75, 3.05) is 13.7 Å². The number of rotatable bonds is 5. The Balaban J connectivity index is 3.11. The molecule has 0 saturated carbocycles. The van der Waals surface area contributed by atoms with Crippen LogP contribution in [-0.2, 0) is 0 Å². The van der Waals surface area contributed by atoms with Gasteiger partial charge in [0.25, 0.3) is 0 Å². The van der Waals surface area contributed by atoms with Crippen LogP contribution in [-0.4, -0.2) is 25.5 Å². The van der Waals surface area contributed by atoms with Gasteiger partial charge in [-0.15, -0.1) is 0 Å². The summed E-state index contributed by atoms with van der Waals surface area (Å²) >= 11 is 6.07. The van der Waals surface area contributed by atoms with Crippen LogP contribution in [0.4, 0.5) is 0 Å². The van der Waals surface area contributed by atoms with Crippen molar-refractivity contribution in [2.45, 2.75) is 26.8 Å². The molecule has 1 atom stereocenters. The minimum absolute atomic E-state index is 0.0370. The number of hydrogen-bond donors (Lipinski definition) is 1. The predicted molar refractivity (Wildman–Crippen MR) is 70.2 cm³/mol. The zero-order chi connectivity index (χ0) is 13.0. The van der Waals surface area contributed by atoms with Crippen molar-refractivity contribution < 1.29 is 9.53 Å². The Morgan fingerprint density at radius 1 is 1.53 bits per heavy atom. The van der Waals surface area contributed by atoms with E-state index in [0.717, 1.165) is 5.56 Å². The summed E-state index contributed by atoms with van der Waals surface area (Å²) in [4.78, 5) is 12.1. The van der Waals surface area contributed by atoms with E-state index in [-0.39, 0.29) is 11.8 Å². The van der Waals surface area contributed by atoms with Crippen molar-refractivity contribution in [2.24, 2.45) is 0 Å². The molecule has 0 aliphatic carbocycles. The maximum absolute atomic E-state index is 12.1. The number of likely N-dealkylation sites (N-methyl/N-ethyl adjacent to an activating group) is 1. The molecule has 17 heavy (non-hydrogen) atoms. The third-order valence-corrected chi connectivity index (χ3v) is 2.97. The number of ketones is 1. The number of benzene rings is 1. The fourth-order valence-electron chi connectivity index (χ4n) is 1.55. The van der Waals surface area contributed by atoms with Gasteiger partial charge in [0.15, 0.2) is 5.78 Å². The van der Waals surface area contributed by atoms with Crippen molar-refractivity contribution in [3.8, 4) is 5.75 Å². The second kappa shape index (κ2) is 6.03. The molecule has 1 aromatic carbocycles. The Morgan fingerprint density at radius 2 is 2.18 bits per heavy atom. The first-order valence-corrected chi connectivity index (χ1v) is 6.03. The summed E-state index contributed by atoms with van der Waals surface area (Å²) in [6.07, 6.45) is 0. The third-order valence-electron chi connectivity index (χ3n) is 2.67. The molecule has 1 unspecified atom stereocenters. The van der Waals surface area contributed by atoms with Crippen LogP contribution < -0.4 is 10.1 Å². The Kier molecular flexibility index (Phi) is 4.97. The number of hydrogen-bond acceptors (Lipinski definition) is 3. The van der Waals surface area contributed by atoms with Crippen molar-refractivity contribution in [1.29, 1.82) is 0 Å². The molecular weight excluding hydrogens is 238 g/mol. The van der Waals surface area contributed by atoms with Gasteiger partial charge in [-0.2, -0.15) is 0 Å². The third kappa shape index (κ3) is 3.20. The number of Topliss-reactive ketones (excluding diaryl/α,β-unsaturated/α-hetero) is 1. The summed E-state index contributed by atoms with van der Waals surface area (Å²) in [6, 6.07) is 3.27. The molecule has 4 heteroatoms. The first kappa shape index (κ1) is 14.0. The molecule has 94 valence electrons. The minimum Gasteiger partial charge on any atom is -0.492 e. The highest BCUT2D eigenvalue weighted by Gasteiger charge is 2.17. The molecule has 0 aliphatic rings. The van der Waals surface area contributed by atoms with Gasteiger partial charge in [-0.1, -0.05) is 11.6 Å². The van der Waals surface area contributed by atoms with Crippen molar-refractivity contribution >= 4 is 17.4 Å². The number of halogens is 1. The van der Waals surface area contributed by atoms with Crippen LogP contribution in [0.15, 0.2) is 12.1 Å². The van der Waals surface area contributed by atoms with E-state index in [2.05, 4.69) is 5.32 Å². The predicted octanol–water partition coefficient (Wildman–Crippen LogP) is 2.84. The van der Waals surface area contributed by atoms with Crippen LogP contribution in [0.5, 0.6) is 5.75 Å². The molecule has 0 fully saturated rings. The number of aryl methyl sites for hydroxylation is 1. The van der Waals surface area contributed by atoms with Gasteiger partial charge in [-0.3, -0.25) is 4.79 Å². The summed E-state index contributed by atoms with van der Waals surface area (Å²) in [5.74, 6) is 0.662. The van der Waals surface area contributed by atoms with Gasteiger partial charge < -0.3 is 10.1 Å². The molecule has 0 aromatic heterocycles. The average Bonchev–Trinajstić information content (AvgIpc) is 2.31. The van der Waals surface area contributed by atoms with E-state index in [1.807, 2.05) is 20.8 Å². The van der Waals surface area contributed by atoms with Crippen LogP contribution >= 0.6 is 11.6 Å². The lowest BCUT2D eigenvalue weighted by molar-refractivity contribution is 0.0954. The highest BCUT2D eigenvalue weighted by Crippen LogP contribution is 2.28. The quantitative estimate of drug-likeness (QED) is 0.823. The molecule has 0 aliphatic heterocycles. The standard InChI is InChI=1S/C13H18ClNO2/c1-5-17-12-6-8(2)10(7-11(12)14)13(16)9(3)15-4/h6-7,9,15H,5H2,1-4H3. The Hall–Kier alpha value is -1.06. The second-order valence-corrected chi connectivity index (χ2v) is 4.31. The van der Waals surface area contributed by atoms with Gasteiger partial charge >= 0.3 is 0 Å². The van der Waals surface area contributed by atoms with Crippen molar-refractivity contribution in [3.63, 3.8) is 0 Å². The van der Waals surface area contributed by atoms with E-state index in [0.29, 0.717) is 22.9 Å². The average molecular weight is 256 g/mol. The largest absolute Gasteiger partial charge is 0.492 e. The number of carbonyl (C=O) groups is 1. The van der Waals surface area contributed by atoms with E-state index >= 15 is 0 Å². The highest BCUT2D eigenvalue weighted by atomic mass is 35.5. The maximum Gasteiger partial charge on any atom is 0.179 e. The summed E-state index contributed by atoms with van der Waals surface area (Å²) in [7, 11) is 1.76. The van der Waals surface area contributed by atoms with Crippen LogP contribution in [0, 0.1) is 6.92 Å². The molecule has 0 heterocycles. The molecule has 3 nitrogen and oxygen atoms in total. The summed E-state index contributed by atoms with van der Waals surface area (Å²) < 4.78 is 5.38. The summed E-state index contributed by atoms with van der Waals surface area (Å²) in [5, 5.41) is 3.40. The fraction of sp³-hybridized carbons (Fsp3) is 0.462. The Morgan fingerprint density at radius 3 is 2.71 bits per heavy atom. The van der Waals surface area contributed by atoms with E-state index < -0.39 is 0 Å². The molecule has 1 rings (SSSR count). The van der Waals surface area contributed by atoms with E-state index in [4.69, 9.17) is 16.3 Å². The normalized spacial score (nSPS) is 12.3. The molecular formula is C13H18ClNO2. The smallest absolute Gasteiger partial charge is 0.179 e. The second-order valence-electron chi connectivity index (χ2n) is 3.91. The highest BCUT2D eigenvalue weighted by molar-refractivity contribution is 6.32. The van der Waals surface area contributed by atoms with E-state index in [1.54, 1.807) is 19.2 Å². The van der Waals surface area contributed by atoms with Crippen molar-refractivity contribution in [1.82, 2.24) is 5.32 Å². The lowest BCUT2D eigenvalue weighted by Crippen LogP contribution is -2.31. The summed E-state index contributed by atoms with van der Waals surface area (Å²) in [5.41, 5.74) is 1.52. The first-order valence-electron chi connectivity index (χ1n) is 5.65. The van der Waals surface area contributed by atoms with Crippen LogP contribution in [0.1, 0.15) is 29.8 Å². The lowest BCUT2D eigenvalue weighted by atomic mass is 10.00. The topological polar surface area (TPSA) is 38.3 Å². The van der Waals surface area contributed by atoms with Gasteiger partial charge in [0.1, 0.15) is 5.75 Å². The zero-order valence-corrected chi connectivity index (χ0v) is 11.4. The number of nitrogens with one attached hydrogen (secondary N) is 1. The van der Waals surface area contributed by atoms with Crippen LogP contribution in [0.3, 0.4) is 0 Å². The molecule has 0 saturated heterocycles. The molecule has 0 radical (unpaired) electrons. The number of ether oxygens (including phenoxy) is 1. The van der Waals surface area contributed by atoms with Gasteiger partial charge in [0, 0.05) is 5.56 Å². The van der Waals surface area contributed by atoms with Crippen LogP contribution in [0.2, 0.25) is 5.02 Å². The van der Waals surface area contributed by atoms with Crippen molar-refractivity contribution in [3.05, 3.63) is 28.3 Å². The van der Waals surface area contributed by atoms with E-state index in [9.17, 15) is 4.79 Å². The zero-order valence-electron chi connectivity index (χ0n) is 10.6. The molecule has 1 N–H and O–H groups in total. The van der Waals surface area contributed by atoms with Gasteiger partial charge in [-0.05, 0) is 45.5 Å². The molecule has 1 aromatic rings. The van der Waals surface area contributed by atoms with Gasteiger partial charge in [-0.25, -0.2) is 0 Å². The monoisotopic (exact) mass is 255 g/mol. The van der Waals surface area contributed by atoms with Crippen LogP contribution in [0.25, 0.3) is 0 Å². The molecule has 0 bridgehead atoms. The molecule has 0 spiro atoms. The Labute approximate surface area is 107 Å². The molecule has 0 amide bonds. The van der Waals surface area contributed by atoms with Gasteiger partial charge in [0.2, 0.25) is 0 Å². The van der Waals surface area contributed by atoms with Gasteiger partial charge in [0.05, 0.1) is 17.7 Å². The number of carbonyl (C=O) groups excluding carboxylic acids is 1. The maximum atomic E-state index is 12.1.